The normalized spacial score (nSPS) is 15.0. The zero-order valence-electron chi connectivity index (χ0n) is 21.0. The van der Waals surface area contributed by atoms with E-state index in [0.29, 0.717) is 31.1 Å². The van der Waals surface area contributed by atoms with E-state index in [0.717, 1.165) is 9.87 Å². The third-order valence-electron chi connectivity index (χ3n) is 6.13. The first kappa shape index (κ1) is 28.2. The van der Waals surface area contributed by atoms with Crippen molar-refractivity contribution in [1.82, 2.24) is 9.62 Å². The molecule has 0 spiro atoms. The van der Waals surface area contributed by atoms with Crippen LogP contribution in [0.25, 0.3) is 0 Å². The Hall–Kier alpha value is -3.33. The molecule has 11 heteroatoms. The highest BCUT2D eigenvalue weighted by molar-refractivity contribution is 7.89. The van der Waals surface area contributed by atoms with Crippen LogP contribution in [-0.2, 0) is 16.4 Å². The van der Waals surface area contributed by atoms with Crippen molar-refractivity contribution in [3.63, 3.8) is 0 Å². The second-order valence-corrected chi connectivity index (χ2v) is 11.7. The molecule has 200 valence electrons. The number of hydrogen-bond donors (Lipinski definition) is 3. The highest BCUT2D eigenvalue weighted by atomic mass is 32.2. The van der Waals surface area contributed by atoms with Crippen molar-refractivity contribution in [2.24, 2.45) is 5.41 Å². The summed E-state index contributed by atoms with van der Waals surface area (Å²) >= 11 is 0. The Morgan fingerprint density at radius 3 is 2.49 bits per heavy atom. The van der Waals surface area contributed by atoms with Gasteiger partial charge in [0, 0.05) is 25.6 Å². The van der Waals surface area contributed by atoms with Crippen LogP contribution in [0.15, 0.2) is 53.4 Å². The summed E-state index contributed by atoms with van der Waals surface area (Å²) in [5, 5.41) is 31.9. The van der Waals surface area contributed by atoms with Gasteiger partial charge in [-0.25, -0.2) is 13.2 Å². The number of carboxylic acid groups (broad SMARTS) is 1. The van der Waals surface area contributed by atoms with Crippen molar-refractivity contribution < 1.29 is 32.9 Å². The Bertz CT molecular complexity index is 1210. The number of sulfonamides is 1. The molecule has 0 bridgehead atoms. The van der Waals surface area contributed by atoms with Crippen LogP contribution in [0.1, 0.15) is 32.3 Å². The van der Waals surface area contributed by atoms with E-state index < -0.39 is 33.7 Å². The molecule has 10 nitrogen and oxygen atoms in total. The van der Waals surface area contributed by atoms with Crippen LogP contribution < -0.4 is 14.8 Å². The summed E-state index contributed by atoms with van der Waals surface area (Å²) in [6.45, 7) is 4.00. The molecule has 1 aliphatic rings. The molecule has 0 saturated heterocycles. The molecule has 3 N–H and O–H groups in total. The fourth-order valence-corrected chi connectivity index (χ4v) is 5.84. The molecular weight excluding hydrogens is 498 g/mol. The number of carbonyl (C=O) groups is 1. The summed E-state index contributed by atoms with van der Waals surface area (Å²) in [6, 6.07) is 14.5. The van der Waals surface area contributed by atoms with Crippen LogP contribution in [0.5, 0.6) is 11.5 Å². The van der Waals surface area contributed by atoms with E-state index in [9.17, 15) is 23.4 Å². The molecule has 0 unspecified atom stereocenters. The monoisotopic (exact) mass is 531 g/mol. The van der Waals surface area contributed by atoms with E-state index in [4.69, 9.17) is 14.7 Å². The van der Waals surface area contributed by atoms with Gasteiger partial charge in [-0.1, -0.05) is 44.2 Å². The number of ether oxygens (including phenoxy) is 2. The molecule has 3 rings (SSSR count). The van der Waals surface area contributed by atoms with Gasteiger partial charge in [0.25, 0.3) is 0 Å². The number of fused-ring (bicyclic) bond motifs is 1. The Labute approximate surface area is 217 Å². The van der Waals surface area contributed by atoms with Gasteiger partial charge in [-0.3, -0.25) is 0 Å². The second kappa shape index (κ2) is 12.3. The Morgan fingerprint density at radius 2 is 1.84 bits per heavy atom. The number of aliphatic hydroxyl groups is 1. The van der Waals surface area contributed by atoms with Crippen molar-refractivity contribution in [1.29, 1.82) is 5.26 Å². The zero-order valence-corrected chi connectivity index (χ0v) is 21.8. The van der Waals surface area contributed by atoms with E-state index in [1.165, 1.54) is 18.2 Å². The molecule has 2 atom stereocenters. The second-order valence-electron chi connectivity index (χ2n) is 9.74. The van der Waals surface area contributed by atoms with Gasteiger partial charge in [-0.15, -0.1) is 0 Å². The molecule has 1 heterocycles. The van der Waals surface area contributed by atoms with Gasteiger partial charge < -0.3 is 25.0 Å². The quantitative estimate of drug-likeness (QED) is 0.378. The Kier molecular flexibility index (Phi) is 9.37. The van der Waals surface area contributed by atoms with Crippen LogP contribution in [0, 0.1) is 16.7 Å². The number of benzene rings is 2. The number of nitriles is 1. The van der Waals surface area contributed by atoms with Crippen LogP contribution in [0.4, 0.5) is 4.79 Å². The van der Waals surface area contributed by atoms with Crippen molar-refractivity contribution in [3.8, 4) is 17.6 Å². The first-order valence-electron chi connectivity index (χ1n) is 12.0. The zero-order chi connectivity index (χ0) is 27.1. The highest BCUT2D eigenvalue weighted by Crippen LogP contribution is 2.34. The number of hydrogen-bond acceptors (Lipinski definition) is 7. The molecule has 37 heavy (non-hydrogen) atoms. The van der Waals surface area contributed by atoms with E-state index in [2.05, 4.69) is 11.4 Å². The van der Waals surface area contributed by atoms with Crippen molar-refractivity contribution >= 4 is 16.1 Å². The summed E-state index contributed by atoms with van der Waals surface area (Å²) in [5.74, 6) is 0.755. The minimum Gasteiger partial charge on any atom is -0.486 e. The molecule has 2 aromatic carbocycles. The SMILES string of the molecule is CC(C)(CCC#N)CN(C[C@@H](O)[C@H](Cc1ccccc1)NC(=O)O)S(=O)(=O)c1ccc2c(c1)OCCO2. The number of nitrogens with one attached hydrogen (secondary N) is 1. The summed E-state index contributed by atoms with van der Waals surface area (Å²) in [5.41, 5.74) is 0.196. The molecule has 0 fully saturated rings. The lowest BCUT2D eigenvalue weighted by molar-refractivity contribution is 0.0908. The third kappa shape index (κ3) is 7.82. The molecule has 0 aliphatic carbocycles. The minimum atomic E-state index is -4.14. The third-order valence-corrected chi connectivity index (χ3v) is 7.94. The molecule has 0 aromatic heterocycles. The maximum atomic E-state index is 13.8. The Balaban J connectivity index is 1.92. The molecule has 0 saturated carbocycles. The van der Waals surface area contributed by atoms with Crippen LogP contribution in [0.2, 0.25) is 0 Å². The maximum absolute atomic E-state index is 13.8. The fourth-order valence-electron chi connectivity index (χ4n) is 4.18. The molecule has 1 aliphatic heterocycles. The van der Waals surface area contributed by atoms with Gasteiger partial charge >= 0.3 is 6.09 Å². The average Bonchev–Trinajstić information content (AvgIpc) is 2.86. The molecule has 1 amide bonds. The molecule has 2 aromatic rings. The predicted molar refractivity (Wildman–Crippen MR) is 136 cm³/mol. The lowest BCUT2D eigenvalue weighted by Crippen LogP contribution is -2.51. The number of aliphatic hydroxyl groups excluding tert-OH is 1. The summed E-state index contributed by atoms with van der Waals surface area (Å²) in [7, 11) is -4.14. The van der Waals surface area contributed by atoms with E-state index in [-0.39, 0.29) is 30.8 Å². The average molecular weight is 532 g/mol. The molecule has 0 radical (unpaired) electrons. The van der Waals surface area contributed by atoms with E-state index in [1.807, 2.05) is 19.9 Å². The van der Waals surface area contributed by atoms with E-state index >= 15 is 0 Å². The molecular formula is C26H33N3O7S. The van der Waals surface area contributed by atoms with Gasteiger partial charge in [0.2, 0.25) is 10.0 Å². The number of rotatable bonds is 12. The van der Waals surface area contributed by atoms with Crippen LogP contribution >= 0.6 is 0 Å². The van der Waals surface area contributed by atoms with Gasteiger partial charge in [0.1, 0.15) is 13.2 Å². The van der Waals surface area contributed by atoms with Crippen LogP contribution in [-0.4, -0.2) is 67.5 Å². The standard InChI is InChI=1S/C26H33N3O7S/c1-26(2,11-6-12-27)18-29(37(33,34)20-9-10-23-24(16-20)36-14-13-35-23)17-22(30)21(28-25(31)32)15-19-7-4-3-5-8-19/h3-5,7-10,16,21-22,28,30H,6,11,13-15,17-18H2,1-2H3,(H,31,32)/t21-,22+/m0/s1. The first-order valence-corrected chi connectivity index (χ1v) is 13.4. The smallest absolute Gasteiger partial charge is 0.404 e. The van der Waals surface area contributed by atoms with Crippen LogP contribution in [0.3, 0.4) is 0 Å². The largest absolute Gasteiger partial charge is 0.486 e. The van der Waals surface area contributed by atoms with Gasteiger partial charge in [-0.2, -0.15) is 9.57 Å². The predicted octanol–water partition coefficient (Wildman–Crippen LogP) is 3.02. The van der Waals surface area contributed by atoms with Crippen molar-refractivity contribution in [3.05, 3.63) is 54.1 Å². The summed E-state index contributed by atoms with van der Waals surface area (Å²) in [4.78, 5) is 11.4. The lowest BCUT2D eigenvalue weighted by Gasteiger charge is -2.34. The first-order chi connectivity index (χ1) is 17.5. The lowest BCUT2D eigenvalue weighted by atomic mass is 9.88. The number of amides is 1. The van der Waals surface area contributed by atoms with Gasteiger partial charge in [0.15, 0.2) is 11.5 Å². The number of nitrogens with zero attached hydrogens (tertiary/aromatic N) is 2. The highest BCUT2D eigenvalue weighted by Gasteiger charge is 2.35. The minimum absolute atomic E-state index is 0.00758. The van der Waals surface area contributed by atoms with Gasteiger partial charge in [-0.05, 0) is 36.0 Å². The summed E-state index contributed by atoms with van der Waals surface area (Å²) < 4.78 is 39.9. The van der Waals surface area contributed by atoms with E-state index in [1.54, 1.807) is 24.3 Å². The fraction of sp³-hybridized carbons (Fsp3) is 0.462. The van der Waals surface area contributed by atoms with Crippen molar-refractivity contribution in [2.75, 3.05) is 26.3 Å². The Morgan fingerprint density at radius 1 is 1.16 bits per heavy atom. The summed E-state index contributed by atoms with van der Waals surface area (Å²) in [6.07, 6.45) is -1.83. The van der Waals surface area contributed by atoms with Crippen molar-refractivity contribution in [2.45, 2.75) is 50.2 Å². The maximum Gasteiger partial charge on any atom is 0.404 e. The topological polar surface area (TPSA) is 149 Å². The van der Waals surface area contributed by atoms with Gasteiger partial charge in [0.05, 0.1) is 23.1 Å².